The molecule has 0 N–H and O–H groups in total. The predicted octanol–water partition coefficient (Wildman–Crippen LogP) is 6.16. The van der Waals surface area contributed by atoms with Crippen LogP contribution in [-0.2, 0) is 10.5 Å². The highest BCUT2D eigenvalue weighted by Crippen LogP contribution is 2.38. The van der Waals surface area contributed by atoms with Gasteiger partial charge in [-0.25, -0.2) is 10.0 Å². The third-order valence-electron chi connectivity index (χ3n) is 4.72. The third-order valence-corrected chi connectivity index (χ3v) is 8.84. The Bertz CT molecular complexity index is 1070. The lowest BCUT2D eigenvalue weighted by Gasteiger charge is -2.21. The summed E-state index contributed by atoms with van der Waals surface area (Å²) in [6.07, 6.45) is 0.764. The summed E-state index contributed by atoms with van der Waals surface area (Å²) in [6.45, 7) is 0. The van der Waals surface area contributed by atoms with E-state index < -0.39 is 0 Å². The molecule has 2 aliphatic rings. The number of amides is 1. The van der Waals surface area contributed by atoms with E-state index in [4.69, 9.17) is 10.1 Å². The molecule has 4 nitrogen and oxygen atoms in total. The lowest BCUT2D eigenvalue weighted by Crippen LogP contribution is -2.28. The number of nitrogens with zero attached hydrogens (tertiary/aromatic N) is 3. The van der Waals surface area contributed by atoms with Crippen molar-refractivity contribution in [3.63, 3.8) is 0 Å². The molecule has 0 aliphatic carbocycles. The summed E-state index contributed by atoms with van der Waals surface area (Å²) in [5.41, 5.74) is 3.25. The van der Waals surface area contributed by atoms with E-state index in [-0.39, 0.29) is 11.9 Å². The molecule has 0 fully saturated rings. The molecule has 1 amide bonds. The molecule has 2 aromatic heterocycles. The van der Waals surface area contributed by atoms with E-state index in [2.05, 4.69) is 29.0 Å². The van der Waals surface area contributed by atoms with Crippen LogP contribution in [0.1, 0.15) is 27.8 Å². The van der Waals surface area contributed by atoms with Gasteiger partial charge < -0.3 is 0 Å². The predicted molar refractivity (Wildman–Crippen MR) is 127 cm³/mol. The van der Waals surface area contributed by atoms with Gasteiger partial charge in [0.2, 0.25) is 0 Å². The fraction of sp³-hybridized carbons (Fsp3) is 0.190. The molecule has 0 saturated carbocycles. The Kier molecular flexibility index (Phi) is 5.59. The summed E-state index contributed by atoms with van der Waals surface area (Å²) in [4.78, 5) is 20.1. The van der Waals surface area contributed by atoms with Gasteiger partial charge >= 0.3 is 0 Å². The molecule has 3 aromatic rings. The number of rotatable bonds is 4. The van der Waals surface area contributed by atoms with Crippen LogP contribution in [0.5, 0.6) is 0 Å². The third kappa shape index (κ3) is 4.07. The first kappa shape index (κ1) is 19.1. The molecule has 1 unspecified atom stereocenters. The van der Waals surface area contributed by atoms with E-state index in [9.17, 15) is 4.79 Å². The van der Waals surface area contributed by atoms with Gasteiger partial charge in [0, 0.05) is 17.1 Å². The molecular weight excluding hydrogens is 439 g/mol. The molecule has 0 saturated heterocycles. The first-order chi connectivity index (χ1) is 14.3. The van der Waals surface area contributed by atoms with Crippen molar-refractivity contribution in [1.29, 1.82) is 0 Å². The lowest BCUT2D eigenvalue weighted by molar-refractivity contribution is -0.130. The van der Waals surface area contributed by atoms with Crippen LogP contribution in [-0.4, -0.2) is 26.8 Å². The molecule has 4 heterocycles. The van der Waals surface area contributed by atoms with Crippen molar-refractivity contribution >= 4 is 67.9 Å². The summed E-state index contributed by atoms with van der Waals surface area (Å²) in [5.74, 6) is 1.28. The Morgan fingerprint density at radius 3 is 2.79 bits per heavy atom. The van der Waals surface area contributed by atoms with Gasteiger partial charge in [0.15, 0.2) is 0 Å². The van der Waals surface area contributed by atoms with E-state index in [1.165, 1.54) is 22.2 Å². The van der Waals surface area contributed by atoms with E-state index in [1.54, 1.807) is 39.4 Å². The van der Waals surface area contributed by atoms with E-state index in [0.717, 1.165) is 32.8 Å². The van der Waals surface area contributed by atoms with Crippen molar-refractivity contribution in [3.05, 3.63) is 74.6 Å². The molecule has 0 spiro atoms. The number of carbonyl (C=O) groups excluding carboxylic acids is 1. The summed E-state index contributed by atoms with van der Waals surface area (Å²) in [7, 11) is 0. The topological polar surface area (TPSA) is 45.0 Å². The Labute approximate surface area is 185 Å². The quantitative estimate of drug-likeness (QED) is 0.474. The summed E-state index contributed by atoms with van der Waals surface area (Å²) >= 11 is 6.56. The van der Waals surface area contributed by atoms with Gasteiger partial charge in [-0.15, -0.1) is 22.7 Å². The first-order valence-electron chi connectivity index (χ1n) is 9.17. The fourth-order valence-electron chi connectivity index (χ4n) is 3.31. The van der Waals surface area contributed by atoms with Gasteiger partial charge in [-0.05, 0) is 34.5 Å². The number of carbonyl (C=O) groups is 1. The van der Waals surface area contributed by atoms with Gasteiger partial charge in [0.25, 0.3) is 5.91 Å². The second-order valence-electron chi connectivity index (χ2n) is 6.58. The molecule has 0 radical (unpaired) electrons. The lowest BCUT2D eigenvalue weighted by atomic mass is 10.1. The second kappa shape index (κ2) is 8.47. The number of para-hydroxylation sites is 1. The van der Waals surface area contributed by atoms with Crippen molar-refractivity contribution in [3.8, 4) is 0 Å². The molecule has 0 bridgehead atoms. The Morgan fingerprint density at radius 2 is 1.97 bits per heavy atom. The zero-order valence-corrected chi connectivity index (χ0v) is 18.6. The van der Waals surface area contributed by atoms with Crippen LogP contribution in [0.2, 0.25) is 0 Å². The van der Waals surface area contributed by atoms with Gasteiger partial charge in [-0.1, -0.05) is 53.9 Å². The molecule has 8 heteroatoms. The first-order valence-corrected chi connectivity index (χ1v) is 12.9. The van der Waals surface area contributed by atoms with Crippen LogP contribution >= 0.6 is 46.2 Å². The number of hydrazone groups is 1. The number of benzene rings is 1. The minimum absolute atomic E-state index is 0.0122. The smallest absolute Gasteiger partial charge is 0.253 e. The van der Waals surface area contributed by atoms with E-state index >= 15 is 0 Å². The molecule has 2 aliphatic heterocycles. The normalized spacial score (nSPS) is 18.3. The molecule has 146 valence electrons. The summed E-state index contributed by atoms with van der Waals surface area (Å²) in [5, 5.41) is 10.5. The van der Waals surface area contributed by atoms with Crippen LogP contribution in [0.4, 0.5) is 5.69 Å². The van der Waals surface area contributed by atoms with E-state index in [1.807, 2.05) is 30.3 Å². The van der Waals surface area contributed by atoms with Gasteiger partial charge in [-0.2, -0.15) is 5.10 Å². The SMILES string of the molecule is O=C(CSC1=Nc2ccccc2CS1)N1N=C(c2cccs2)CC1c1cccs1. The van der Waals surface area contributed by atoms with Crippen LogP contribution in [0.25, 0.3) is 0 Å². The van der Waals surface area contributed by atoms with Crippen molar-refractivity contribution < 1.29 is 4.79 Å². The molecule has 5 rings (SSSR count). The van der Waals surface area contributed by atoms with Crippen molar-refractivity contribution in [1.82, 2.24) is 5.01 Å². The fourth-order valence-corrected chi connectivity index (χ4v) is 6.76. The maximum absolute atomic E-state index is 13.1. The maximum atomic E-state index is 13.1. The van der Waals surface area contributed by atoms with Crippen molar-refractivity contribution in [2.24, 2.45) is 10.1 Å². The zero-order chi connectivity index (χ0) is 19.6. The largest absolute Gasteiger partial charge is 0.272 e. The van der Waals surface area contributed by atoms with Crippen LogP contribution in [0.3, 0.4) is 0 Å². The highest BCUT2D eigenvalue weighted by atomic mass is 32.2. The second-order valence-corrected chi connectivity index (χ2v) is 10.7. The zero-order valence-electron chi connectivity index (χ0n) is 15.4. The number of thioether (sulfide) groups is 2. The average Bonchev–Trinajstić information content (AvgIpc) is 3.52. The van der Waals surface area contributed by atoms with Gasteiger partial charge in [0.1, 0.15) is 4.38 Å². The van der Waals surface area contributed by atoms with Gasteiger partial charge in [0.05, 0.1) is 28.1 Å². The Balaban J connectivity index is 1.32. The van der Waals surface area contributed by atoms with Crippen LogP contribution in [0.15, 0.2) is 69.4 Å². The highest BCUT2D eigenvalue weighted by Gasteiger charge is 2.34. The number of aliphatic imine (C=N–C) groups is 1. The van der Waals surface area contributed by atoms with Crippen molar-refractivity contribution in [2.45, 2.75) is 18.2 Å². The van der Waals surface area contributed by atoms with Crippen molar-refractivity contribution in [2.75, 3.05) is 5.75 Å². The molecule has 1 aromatic carbocycles. The summed E-state index contributed by atoms with van der Waals surface area (Å²) in [6, 6.07) is 16.4. The van der Waals surface area contributed by atoms with E-state index in [0.29, 0.717) is 5.75 Å². The monoisotopic (exact) mass is 455 g/mol. The molecular formula is C21H17N3OS4. The summed E-state index contributed by atoms with van der Waals surface area (Å²) < 4.78 is 0.950. The number of thiophene rings is 2. The Hall–Kier alpha value is -1.87. The minimum atomic E-state index is -0.0122. The maximum Gasteiger partial charge on any atom is 0.253 e. The Morgan fingerprint density at radius 1 is 1.10 bits per heavy atom. The van der Waals surface area contributed by atoms with Crippen LogP contribution < -0.4 is 0 Å². The van der Waals surface area contributed by atoms with Gasteiger partial charge in [-0.3, -0.25) is 4.79 Å². The molecule has 1 atom stereocenters. The standard InChI is InChI=1S/C21H17N3OS4/c25-20(13-29-21-22-15-6-2-1-5-14(15)12-28-21)24-17(19-8-4-10-27-19)11-16(23-24)18-7-3-9-26-18/h1-10,17H,11-13H2. The number of hydrogen-bond donors (Lipinski definition) is 0. The molecule has 29 heavy (non-hydrogen) atoms. The minimum Gasteiger partial charge on any atom is -0.272 e. The van der Waals surface area contributed by atoms with Crippen LogP contribution in [0, 0.1) is 0 Å². The number of fused-ring (bicyclic) bond motifs is 1. The number of hydrogen-bond acceptors (Lipinski definition) is 7. The highest BCUT2D eigenvalue weighted by molar-refractivity contribution is 8.38. The average molecular weight is 456 g/mol.